The highest BCUT2D eigenvalue weighted by molar-refractivity contribution is 9.09. The van der Waals surface area contributed by atoms with Crippen molar-refractivity contribution in [3.63, 3.8) is 0 Å². The fourth-order valence-electron chi connectivity index (χ4n) is 3.12. The van der Waals surface area contributed by atoms with Crippen molar-refractivity contribution < 1.29 is 4.74 Å². The molecule has 1 aliphatic rings. The number of ether oxygens (including phenoxy) is 1. The zero-order valence-electron chi connectivity index (χ0n) is 12.1. The van der Waals surface area contributed by atoms with E-state index in [1.165, 1.54) is 56.1 Å². The minimum atomic E-state index is 0.422. The van der Waals surface area contributed by atoms with E-state index in [4.69, 9.17) is 4.74 Å². The van der Waals surface area contributed by atoms with Gasteiger partial charge in [0.05, 0.1) is 7.11 Å². The van der Waals surface area contributed by atoms with Crippen molar-refractivity contribution in [1.29, 1.82) is 0 Å². The van der Waals surface area contributed by atoms with Crippen molar-refractivity contribution in [3.05, 3.63) is 29.3 Å². The van der Waals surface area contributed by atoms with E-state index >= 15 is 0 Å². The first-order valence-electron chi connectivity index (χ1n) is 7.49. The summed E-state index contributed by atoms with van der Waals surface area (Å²) < 4.78 is 5.51. The standard InChI is InChI=1S/C17H25BrO/c1-13-9-10-17(19-2)15(11-13)16(18)12-14-7-5-3-4-6-8-14/h9-11,14,16H,3-8,12H2,1-2H3. The third kappa shape index (κ3) is 4.24. The average Bonchev–Trinajstić information content (AvgIpc) is 2.67. The van der Waals surface area contributed by atoms with Gasteiger partial charge in [-0.1, -0.05) is 72.2 Å². The fraction of sp³-hybridized carbons (Fsp3) is 0.647. The van der Waals surface area contributed by atoms with E-state index in [1.54, 1.807) is 7.11 Å². The van der Waals surface area contributed by atoms with Gasteiger partial charge in [0, 0.05) is 10.4 Å². The Labute approximate surface area is 125 Å². The molecule has 1 fully saturated rings. The number of hydrogen-bond acceptors (Lipinski definition) is 1. The van der Waals surface area contributed by atoms with Crippen LogP contribution in [0.3, 0.4) is 0 Å². The van der Waals surface area contributed by atoms with Gasteiger partial charge in [-0.3, -0.25) is 0 Å². The third-order valence-electron chi connectivity index (χ3n) is 4.24. The Kier molecular flexibility index (Phi) is 5.75. The van der Waals surface area contributed by atoms with Crippen LogP contribution in [0.5, 0.6) is 5.75 Å². The van der Waals surface area contributed by atoms with Crippen LogP contribution in [0.15, 0.2) is 18.2 Å². The van der Waals surface area contributed by atoms with Gasteiger partial charge in [0.2, 0.25) is 0 Å². The molecule has 0 aromatic heterocycles. The summed E-state index contributed by atoms with van der Waals surface area (Å²) in [6.07, 6.45) is 9.71. The summed E-state index contributed by atoms with van der Waals surface area (Å²) in [5, 5.41) is 0. The lowest BCUT2D eigenvalue weighted by molar-refractivity contribution is 0.397. The number of aryl methyl sites for hydroxylation is 1. The molecule has 0 amide bonds. The summed E-state index contributed by atoms with van der Waals surface area (Å²) in [7, 11) is 1.76. The van der Waals surface area contributed by atoms with Gasteiger partial charge in [-0.15, -0.1) is 0 Å². The van der Waals surface area contributed by atoms with Crippen molar-refractivity contribution in [1.82, 2.24) is 0 Å². The first-order valence-corrected chi connectivity index (χ1v) is 8.41. The number of alkyl halides is 1. The van der Waals surface area contributed by atoms with Gasteiger partial charge in [0.25, 0.3) is 0 Å². The number of halogens is 1. The molecule has 19 heavy (non-hydrogen) atoms. The monoisotopic (exact) mass is 324 g/mol. The minimum absolute atomic E-state index is 0.422. The summed E-state index contributed by atoms with van der Waals surface area (Å²) in [5.74, 6) is 1.89. The Bertz CT molecular complexity index is 394. The average molecular weight is 325 g/mol. The normalized spacial score (nSPS) is 18.9. The van der Waals surface area contributed by atoms with Gasteiger partial charge in [0.1, 0.15) is 5.75 Å². The SMILES string of the molecule is COc1ccc(C)cc1C(Br)CC1CCCCCC1. The summed E-state index contributed by atoms with van der Waals surface area (Å²) in [4.78, 5) is 0.422. The molecule has 1 nitrogen and oxygen atoms in total. The maximum absolute atomic E-state index is 5.51. The molecule has 0 spiro atoms. The molecule has 1 aromatic carbocycles. The second-order valence-electron chi connectivity index (χ2n) is 5.81. The molecule has 0 saturated heterocycles. The molecule has 1 aromatic rings. The molecule has 0 heterocycles. The number of benzene rings is 1. The first kappa shape index (κ1) is 14.9. The van der Waals surface area contributed by atoms with Gasteiger partial charge < -0.3 is 4.74 Å². The van der Waals surface area contributed by atoms with Crippen LogP contribution in [-0.2, 0) is 0 Å². The molecule has 0 bridgehead atoms. The minimum Gasteiger partial charge on any atom is -0.496 e. The van der Waals surface area contributed by atoms with Gasteiger partial charge >= 0.3 is 0 Å². The predicted molar refractivity (Wildman–Crippen MR) is 85.2 cm³/mol. The van der Waals surface area contributed by atoms with E-state index in [0.717, 1.165) is 11.7 Å². The van der Waals surface area contributed by atoms with Crippen molar-refractivity contribution >= 4 is 15.9 Å². The highest BCUT2D eigenvalue weighted by atomic mass is 79.9. The molecule has 0 N–H and O–H groups in total. The zero-order valence-corrected chi connectivity index (χ0v) is 13.7. The molecule has 0 radical (unpaired) electrons. The maximum atomic E-state index is 5.51. The Morgan fingerprint density at radius 2 is 1.89 bits per heavy atom. The lowest BCUT2D eigenvalue weighted by Crippen LogP contribution is -2.04. The number of hydrogen-bond donors (Lipinski definition) is 0. The van der Waals surface area contributed by atoms with Crippen molar-refractivity contribution in [2.24, 2.45) is 5.92 Å². The molecule has 2 heteroatoms. The van der Waals surface area contributed by atoms with Crippen LogP contribution < -0.4 is 4.74 Å². The summed E-state index contributed by atoms with van der Waals surface area (Å²) in [6, 6.07) is 6.47. The molecule has 1 aliphatic carbocycles. The van der Waals surface area contributed by atoms with E-state index in [9.17, 15) is 0 Å². The van der Waals surface area contributed by atoms with E-state index in [-0.39, 0.29) is 0 Å². The highest BCUT2D eigenvalue weighted by Crippen LogP contribution is 2.39. The van der Waals surface area contributed by atoms with Crippen LogP contribution in [-0.4, -0.2) is 7.11 Å². The van der Waals surface area contributed by atoms with E-state index in [1.807, 2.05) is 0 Å². The Morgan fingerprint density at radius 3 is 2.53 bits per heavy atom. The molecule has 106 valence electrons. The molecule has 2 rings (SSSR count). The second-order valence-corrected chi connectivity index (χ2v) is 6.91. The van der Waals surface area contributed by atoms with E-state index in [0.29, 0.717) is 4.83 Å². The maximum Gasteiger partial charge on any atom is 0.123 e. The predicted octanol–water partition coefficient (Wildman–Crippen LogP) is 5.80. The van der Waals surface area contributed by atoms with Crippen LogP contribution in [0.25, 0.3) is 0 Å². The Morgan fingerprint density at radius 1 is 1.21 bits per heavy atom. The quantitative estimate of drug-likeness (QED) is 0.502. The van der Waals surface area contributed by atoms with Gasteiger partial charge in [-0.05, 0) is 25.3 Å². The molecular formula is C17H25BrO. The highest BCUT2D eigenvalue weighted by Gasteiger charge is 2.20. The van der Waals surface area contributed by atoms with Crippen LogP contribution in [0.1, 0.15) is 60.9 Å². The van der Waals surface area contributed by atoms with Gasteiger partial charge in [-0.25, -0.2) is 0 Å². The number of methoxy groups -OCH3 is 1. The van der Waals surface area contributed by atoms with Gasteiger partial charge in [-0.2, -0.15) is 0 Å². The van der Waals surface area contributed by atoms with Crippen LogP contribution >= 0.6 is 15.9 Å². The van der Waals surface area contributed by atoms with E-state index in [2.05, 4.69) is 41.1 Å². The second kappa shape index (κ2) is 7.33. The van der Waals surface area contributed by atoms with Crippen LogP contribution in [0.2, 0.25) is 0 Å². The molecular weight excluding hydrogens is 300 g/mol. The van der Waals surface area contributed by atoms with Crippen molar-refractivity contribution in [2.45, 2.75) is 56.7 Å². The summed E-state index contributed by atoms with van der Waals surface area (Å²) in [5.41, 5.74) is 2.62. The van der Waals surface area contributed by atoms with E-state index < -0.39 is 0 Å². The lowest BCUT2D eigenvalue weighted by atomic mass is 9.92. The molecule has 1 atom stereocenters. The summed E-state index contributed by atoms with van der Waals surface area (Å²) in [6.45, 7) is 2.15. The Hall–Kier alpha value is -0.500. The molecule has 0 aliphatic heterocycles. The fourth-order valence-corrected chi connectivity index (χ4v) is 4.00. The van der Waals surface area contributed by atoms with Crippen LogP contribution in [0.4, 0.5) is 0 Å². The molecule has 1 saturated carbocycles. The van der Waals surface area contributed by atoms with Crippen molar-refractivity contribution in [2.75, 3.05) is 7.11 Å². The Balaban J connectivity index is 2.05. The zero-order chi connectivity index (χ0) is 13.7. The molecule has 1 unspecified atom stereocenters. The topological polar surface area (TPSA) is 9.23 Å². The van der Waals surface area contributed by atoms with Gasteiger partial charge in [0.15, 0.2) is 0 Å². The third-order valence-corrected chi connectivity index (χ3v) is 5.10. The first-order chi connectivity index (χ1) is 9.20. The smallest absolute Gasteiger partial charge is 0.123 e. The van der Waals surface area contributed by atoms with Crippen molar-refractivity contribution in [3.8, 4) is 5.75 Å². The van der Waals surface area contributed by atoms with Crippen LogP contribution in [0, 0.1) is 12.8 Å². The lowest BCUT2D eigenvalue weighted by Gasteiger charge is -2.20. The number of rotatable bonds is 4. The largest absolute Gasteiger partial charge is 0.496 e. The summed E-state index contributed by atoms with van der Waals surface area (Å²) >= 11 is 3.89.